The molecule has 13 heavy (non-hydrogen) atoms. The monoisotopic (exact) mass is 180 g/mol. The second kappa shape index (κ2) is 3.79. The molecule has 1 aromatic rings. The van der Waals surface area contributed by atoms with Crippen molar-refractivity contribution in [3.63, 3.8) is 0 Å². The molecule has 2 N–H and O–H groups in total. The molecule has 0 saturated heterocycles. The van der Waals surface area contributed by atoms with Crippen LogP contribution in [0, 0.1) is 13.8 Å². The van der Waals surface area contributed by atoms with Gasteiger partial charge in [-0.25, -0.2) is 0 Å². The van der Waals surface area contributed by atoms with Gasteiger partial charge in [-0.3, -0.25) is 0 Å². The molecule has 1 unspecified atom stereocenters. The molecule has 2 nitrogen and oxygen atoms in total. The first kappa shape index (κ1) is 10.1. The van der Waals surface area contributed by atoms with Gasteiger partial charge in [0.25, 0.3) is 0 Å². The fraction of sp³-hybridized carbons (Fsp3) is 0.455. The smallest absolute Gasteiger partial charge is 0.121 e. The first-order valence-corrected chi connectivity index (χ1v) is 4.54. The number of aromatic hydroxyl groups is 1. The van der Waals surface area contributed by atoms with Crippen LogP contribution < -0.4 is 0 Å². The highest BCUT2D eigenvalue weighted by atomic mass is 16.3. The predicted molar refractivity (Wildman–Crippen MR) is 52.8 cm³/mol. The standard InChI is InChI=1S/C11H16O2/c1-4-10(12)9-5-7(2)11(13)8(3)6-9/h5-6,10,12-13H,4H2,1-3H3. The molecule has 1 aromatic carbocycles. The summed E-state index contributed by atoms with van der Waals surface area (Å²) in [6.45, 7) is 5.62. The molecule has 0 amide bonds. The highest BCUT2D eigenvalue weighted by molar-refractivity contribution is 5.42. The number of hydrogen-bond acceptors (Lipinski definition) is 2. The lowest BCUT2D eigenvalue weighted by atomic mass is 10.0. The summed E-state index contributed by atoms with van der Waals surface area (Å²) in [4.78, 5) is 0. The number of benzene rings is 1. The molecule has 0 radical (unpaired) electrons. The molecule has 0 bridgehead atoms. The lowest BCUT2D eigenvalue weighted by molar-refractivity contribution is 0.173. The maximum absolute atomic E-state index is 9.59. The van der Waals surface area contributed by atoms with Gasteiger partial charge in [-0.05, 0) is 49.1 Å². The Labute approximate surface area is 78.8 Å². The van der Waals surface area contributed by atoms with Gasteiger partial charge < -0.3 is 10.2 Å². The number of phenols is 1. The minimum Gasteiger partial charge on any atom is -0.507 e. The SMILES string of the molecule is CCC(O)c1cc(C)c(O)c(C)c1. The van der Waals surface area contributed by atoms with E-state index < -0.39 is 6.10 Å². The summed E-state index contributed by atoms with van der Waals surface area (Å²) in [5, 5.41) is 19.1. The molecular weight excluding hydrogens is 164 g/mol. The van der Waals surface area contributed by atoms with E-state index in [0.717, 1.165) is 16.7 Å². The van der Waals surface area contributed by atoms with E-state index in [2.05, 4.69) is 0 Å². The van der Waals surface area contributed by atoms with Gasteiger partial charge in [0, 0.05) is 0 Å². The van der Waals surface area contributed by atoms with Crippen LogP contribution in [-0.4, -0.2) is 10.2 Å². The van der Waals surface area contributed by atoms with E-state index in [1.807, 2.05) is 32.9 Å². The summed E-state index contributed by atoms with van der Waals surface area (Å²) >= 11 is 0. The second-order valence-electron chi connectivity index (χ2n) is 3.43. The van der Waals surface area contributed by atoms with Crippen molar-refractivity contribution in [3.8, 4) is 5.75 Å². The molecule has 72 valence electrons. The summed E-state index contributed by atoms with van der Waals surface area (Å²) in [6, 6.07) is 3.66. The highest BCUT2D eigenvalue weighted by Gasteiger charge is 2.08. The van der Waals surface area contributed by atoms with Crippen molar-refractivity contribution in [2.75, 3.05) is 0 Å². The number of aryl methyl sites for hydroxylation is 2. The maximum atomic E-state index is 9.59. The van der Waals surface area contributed by atoms with Gasteiger partial charge in [0.15, 0.2) is 0 Å². The molecule has 0 fully saturated rings. The molecular formula is C11H16O2. The number of aliphatic hydroxyl groups is 1. The Kier molecular flexibility index (Phi) is 2.94. The van der Waals surface area contributed by atoms with E-state index in [1.165, 1.54) is 0 Å². The van der Waals surface area contributed by atoms with Crippen molar-refractivity contribution in [2.45, 2.75) is 33.3 Å². The minimum atomic E-state index is -0.419. The molecule has 0 aliphatic rings. The molecule has 0 spiro atoms. The van der Waals surface area contributed by atoms with Crippen LogP contribution in [0.5, 0.6) is 5.75 Å². The van der Waals surface area contributed by atoms with Crippen LogP contribution >= 0.6 is 0 Å². The zero-order valence-corrected chi connectivity index (χ0v) is 8.33. The maximum Gasteiger partial charge on any atom is 0.121 e. The van der Waals surface area contributed by atoms with Gasteiger partial charge in [0.2, 0.25) is 0 Å². The van der Waals surface area contributed by atoms with E-state index in [4.69, 9.17) is 0 Å². The lowest BCUT2D eigenvalue weighted by Crippen LogP contribution is -1.96. The highest BCUT2D eigenvalue weighted by Crippen LogP contribution is 2.26. The Morgan fingerprint density at radius 1 is 1.23 bits per heavy atom. The van der Waals surface area contributed by atoms with Crippen molar-refractivity contribution >= 4 is 0 Å². The van der Waals surface area contributed by atoms with E-state index >= 15 is 0 Å². The minimum absolute atomic E-state index is 0.326. The van der Waals surface area contributed by atoms with Crippen molar-refractivity contribution in [2.24, 2.45) is 0 Å². The van der Waals surface area contributed by atoms with Crippen LogP contribution in [0.25, 0.3) is 0 Å². The van der Waals surface area contributed by atoms with Gasteiger partial charge in [0.05, 0.1) is 6.10 Å². The normalized spacial score (nSPS) is 12.9. The van der Waals surface area contributed by atoms with Crippen molar-refractivity contribution in [1.29, 1.82) is 0 Å². The van der Waals surface area contributed by atoms with E-state index in [-0.39, 0.29) is 0 Å². The fourth-order valence-electron chi connectivity index (χ4n) is 1.42. The van der Waals surface area contributed by atoms with Gasteiger partial charge in [-0.1, -0.05) is 6.92 Å². The van der Waals surface area contributed by atoms with Gasteiger partial charge in [-0.15, -0.1) is 0 Å². The third-order valence-corrected chi connectivity index (χ3v) is 2.28. The first-order valence-electron chi connectivity index (χ1n) is 4.54. The first-order chi connectivity index (χ1) is 6.06. The van der Waals surface area contributed by atoms with Gasteiger partial charge in [-0.2, -0.15) is 0 Å². The van der Waals surface area contributed by atoms with E-state index in [9.17, 15) is 10.2 Å². The van der Waals surface area contributed by atoms with Crippen LogP contribution in [0.1, 0.15) is 36.1 Å². The Hall–Kier alpha value is -1.02. The van der Waals surface area contributed by atoms with Gasteiger partial charge >= 0.3 is 0 Å². The molecule has 2 heteroatoms. The molecule has 0 aliphatic heterocycles. The van der Waals surface area contributed by atoms with E-state index in [1.54, 1.807) is 0 Å². The van der Waals surface area contributed by atoms with Crippen molar-refractivity contribution < 1.29 is 10.2 Å². The predicted octanol–water partition coefficient (Wildman–Crippen LogP) is 2.45. The molecule has 1 atom stereocenters. The lowest BCUT2D eigenvalue weighted by Gasteiger charge is -2.11. The Balaban J connectivity index is 3.13. The van der Waals surface area contributed by atoms with Crippen LogP contribution in [0.15, 0.2) is 12.1 Å². The third-order valence-electron chi connectivity index (χ3n) is 2.28. The summed E-state index contributed by atoms with van der Waals surface area (Å²) in [7, 11) is 0. The molecule has 0 heterocycles. The van der Waals surface area contributed by atoms with Crippen molar-refractivity contribution in [3.05, 3.63) is 28.8 Å². The second-order valence-corrected chi connectivity index (χ2v) is 3.43. The quantitative estimate of drug-likeness (QED) is 0.734. The van der Waals surface area contributed by atoms with Crippen LogP contribution in [-0.2, 0) is 0 Å². The Bertz CT molecular complexity index is 282. The average Bonchev–Trinajstić information content (AvgIpc) is 2.12. The largest absolute Gasteiger partial charge is 0.507 e. The number of phenolic OH excluding ortho intramolecular Hbond substituents is 1. The Morgan fingerprint density at radius 3 is 2.08 bits per heavy atom. The molecule has 0 aliphatic carbocycles. The summed E-state index contributed by atoms with van der Waals surface area (Å²) in [5.74, 6) is 0.326. The average molecular weight is 180 g/mol. The summed E-state index contributed by atoms with van der Waals surface area (Å²) < 4.78 is 0. The topological polar surface area (TPSA) is 40.5 Å². The van der Waals surface area contributed by atoms with Crippen molar-refractivity contribution in [1.82, 2.24) is 0 Å². The number of rotatable bonds is 2. The molecule has 0 aromatic heterocycles. The molecule has 1 rings (SSSR count). The van der Waals surface area contributed by atoms with Crippen LogP contribution in [0.4, 0.5) is 0 Å². The van der Waals surface area contributed by atoms with E-state index in [0.29, 0.717) is 12.2 Å². The van der Waals surface area contributed by atoms with Crippen LogP contribution in [0.3, 0.4) is 0 Å². The summed E-state index contributed by atoms with van der Waals surface area (Å²) in [5.41, 5.74) is 2.53. The Morgan fingerprint density at radius 2 is 1.69 bits per heavy atom. The third kappa shape index (κ3) is 2.01. The fourth-order valence-corrected chi connectivity index (χ4v) is 1.42. The number of aliphatic hydroxyl groups excluding tert-OH is 1. The zero-order valence-electron chi connectivity index (χ0n) is 8.33. The zero-order chi connectivity index (χ0) is 10.0. The van der Waals surface area contributed by atoms with Crippen LogP contribution in [0.2, 0.25) is 0 Å². The number of hydrogen-bond donors (Lipinski definition) is 2. The summed E-state index contributed by atoms with van der Waals surface area (Å²) in [6.07, 6.45) is 0.280. The van der Waals surface area contributed by atoms with Gasteiger partial charge in [0.1, 0.15) is 5.75 Å². The molecule has 0 saturated carbocycles.